The first-order valence-corrected chi connectivity index (χ1v) is 6.33. The summed E-state index contributed by atoms with van der Waals surface area (Å²) in [7, 11) is -4.55. The molecule has 2 rings (SSSR count). The number of pyridine rings is 2. The Bertz CT molecular complexity index is 551. The summed E-state index contributed by atoms with van der Waals surface area (Å²) in [4.78, 5) is 7.81. The van der Waals surface area contributed by atoms with Crippen LogP contribution in [0.4, 0.5) is 0 Å². The molecule has 0 bridgehead atoms. The molecule has 0 aliphatic rings. The van der Waals surface area contributed by atoms with Gasteiger partial charge in [-0.2, -0.15) is 0 Å². The molecule has 0 aromatic carbocycles. The van der Waals surface area contributed by atoms with Gasteiger partial charge < -0.3 is 4.55 Å². The Hall–Kier alpha value is -0.154. The van der Waals surface area contributed by atoms with Crippen LogP contribution in [0, 0.1) is 0 Å². The van der Waals surface area contributed by atoms with Crippen LogP contribution in [0.25, 0.3) is 0 Å². The first kappa shape index (κ1) is 15.9. The van der Waals surface area contributed by atoms with E-state index < -0.39 is 15.4 Å². The molecule has 0 aliphatic carbocycles. The maximum Gasteiger partial charge on any atom is 1.00 e. The van der Waals surface area contributed by atoms with Crippen molar-refractivity contribution in [3.63, 3.8) is 0 Å². The minimum atomic E-state index is -4.55. The van der Waals surface area contributed by atoms with Crippen molar-refractivity contribution >= 4 is 10.1 Å². The van der Waals surface area contributed by atoms with Crippen LogP contribution in [0.2, 0.25) is 0 Å². The molecule has 7 heteroatoms. The molecule has 2 aromatic rings. The largest absolute Gasteiger partial charge is 1.00 e. The van der Waals surface area contributed by atoms with Gasteiger partial charge in [0.15, 0.2) is 0 Å². The van der Waals surface area contributed by atoms with Crippen molar-refractivity contribution in [1.82, 2.24) is 9.97 Å². The van der Waals surface area contributed by atoms with Gasteiger partial charge in [-0.05, 0) is 24.3 Å². The molecule has 0 aliphatic heterocycles. The maximum atomic E-state index is 11.3. The molecule has 0 atom stereocenters. The van der Waals surface area contributed by atoms with Crippen LogP contribution in [0.15, 0.2) is 48.8 Å². The number of aromatic nitrogens is 2. The van der Waals surface area contributed by atoms with Crippen molar-refractivity contribution in [2.75, 3.05) is 0 Å². The van der Waals surface area contributed by atoms with Gasteiger partial charge in [0.05, 0.1) is 11.4 Å². The predicted molar refractivity (Wildman–Crippen MR) is 60.0 cm³/mol. The summed E-state index contributed by atoms with van der Waals surface area (Å²) < 4.78 is 33.9. The number of hydrogen-bond donors (Lipinski definition) is 0. The van der Waals surface area contributed by atoms with E-state index in [1.54, 1.807) is 24.3 Å². The Morgan fingerprint density at radius 2 is 1.39 bits per heavy atom. The first-order chi connectivity index (χ1) is 8.09. The second-order valence-electron chi connectivity index (χ2n) is 3.38. The van der Waals surface area contributed by atoms with E-state index in [1.165, 1.54) is 24.5 Å². The summed E-state index contributed by atoms with van der Waals surface area (Å²) in [6, 6.07) is 9.54. The molecule has 5 nitrogen and oxygen atoms in total. The molecular weight excluding hydrogens is 279 g/mol. The first-order valence-electron chi connectivity index (χ1n) is 4.85. The molecule has 88 valence electrons. The summed E-state index contributed by atoms with van der Waals surface area (Å²) in [5, 5.41) is -1.36. The molecule has 0 N–H and O–H groups in total. The molecule has 0 saturated carbocycles. The van der Waals surface area contributed by atoms with Crippen molar-refractivity contribution in [3.8, 4) is 0 Å². The van der Waals surface area contributed by atoms with Gasteiger partial charge in [0.25, 0.3) is 0 Å². The van der Waals surface area contributed by atoms with Crippen LogP contribution in [0.5, 0.6) is 0 Å². The molecule has 2 heterocycles. The Morgan fingerprint density at radius 3 is 1.67 bits per heavy atom. The predicted octanol–water partition coefficient (Wildman–Crippen LogP) is -1.88. The molecule has 0 saturated heterocycles. The van der Waals surface area contributed by atoms with Crippen molar-refractivity contribution in [2.45, 2.75) is 5.25 Å². The van der Waals surface area contributed by atoms with Crippen LogP contribution in [0.3, 0.4) is 0 Å². The Labute approximate surface area is 148 Å². The quantitative estimate of drug-likeness (QED) is 0.487. The van der Waals surface area contributed by atoms with Crippen LogP contribution >= 0.6 is 0 Å². The van der Waals surface area contributed by atoms with Gasteiger partial charge in [0.2, 0.25) is 0 Å². The third-order valence-electron chi connectivity index (χ3n) is 2.20. The fourth-order valence-corrected chi connectivity index (χ4v) is 2.38. The molecule has 0 spiro atoms. The van der Waals surface area contributed by atoms with E-state index >= 15 is 0 Å². The van der Waals surface area contributed by atoms with Crippen LogP contribution in [0.1, 0.15) is 16.6 Å². The third kappa shape index (κ3) is 3.92. The van der Waals surface area contributed by atoms with E-state index in [0.29, 0.717) is 0 Å². The van der Waals surface area contributed by atoms with Gasteiger partial charge in [-0.15, -0.1) is 0 Å². The fourth-order valence-electron chi connectivity index (χ4n) is 1.51. The van der Waals surface area contributed by atoms with Gasteiger partial charge in [0, 0.05) is 12.4 Å². The number of rotatable bonds is 3. The van der Waals surface area contributed by atoms with Crippen LogP contribution in [-0.2, 0) is 10.1 Å². The van der Waals surface area contributed by atoms with Gasteiger partial charge in [-0.25, -0.2) is 8.42 Å². The van der Waals surface area contributed by atoms with Crippen LogP contribution < -0.4 is 51.4 Å². The zero-order valence-electron chi connectivity index (χ0n) is 9.72. The van der Waals surface area contributed by atoms with Crippen molar-refractivity contribution < 1.29 is 64.4 Å². The van der Waals surface area contributed by atoms with E-state index in [9.17, 15) is 13.0 Å². The number of nitrogens with zero attached hydrogens (tertiary/aromatic N) is 2. The normalized spacial score (nSPS) is 11.0. The second kappa shape index (κ2) is 6.85. The number of hydrogen-bond acceptors (Lipinski definition) is 5. The summed E-state index contributed by atoms with van der Waals surface area (Å²) in [6.07, 6.45) is 2.88. The second-order valence-corrected chi connectivity index (χ2v) is 4.84. The van der Waals surface area contributed by atoms with Crippen LogP contribution in [-0.4, -0.2) is 22.9 Å². The Morgan fingerprint density at radius 1 is 0.944 bits per heavy atom. The zero-order chi connectivity index (χ0) is 12.3. The summed E-state index contributed by atoms with van der Waals surface area (Å²) in [5.41, 5.74) is 0.363. The van der Waals surface area contributed by atoms with Crippen molar-refractivity contribution in [3.05, 3.63) is 60.2 Å². The fraction of sp³-hybridized carbons (Fsp3) is 0.0909. The minimum Gasteiger partial charge on any atom is -0.747 e. The van der Waals surface area contributed by atoms with Gasteiger partial charge in [0.1, 0.15) is 15.4 Å². The molecular formula is C11H9KN2O3S. The third-order valence-corrected chi connectivity index (χ3v) is 3.26. The SMILES string of the molecule is O=S(=O)([O-])C(c1ccccn1)c1ccccn1.[K+]. The molecule has 18 heavy (non-hydrogen) atoms. The molecule has 2 aromatic heterocycles. The maximum absolute atomic E-state index is 11.3. The van der Waals surface area contributed by atoms with Crippen molar-refractivity contribution in [2.24, 2.45) is 0 Å². The summed E-state index contributed by atoms with van der Waals surface area (Å²) >= 11 is 0. The van der Waals surface area contributed by atoms with E-state index in [2.05, 4.69) is 9.97 Å². The molecule has 0 unspecified atom stereocenters. The monoisotopic (exact) mass is 288 g/mol. The Kier molecular flexibility index (Phi) is 6.05. The minimum absolute atomic E-state index is 0. The zero-order valence-corrected chi connectivity index (χ0v) is 13.7. The Balaban J connectivity index is 0.00000162. The average Bonchev–Trinajstić information content (AvgIpc) is 2.30. The standard InChI is InChI=1S/C11H10N2O3S.K/c14-17(15,16)11(9-5-1-3-7-12-9)10-6-2-4-8-13-10;/h1-8,11H,(H,14,15,16);/q;+1/p-1. The van der Waals surface area contributed by atoms with Crippen molar-refractivity contribution in [1.29, 1.82) is 0 Å². The van der Waals surface area contributed by atoms with Gasteiger partial charge in [-0.3, -0.25) is 9.97 Å². The topological polar surface area (TPSA) is 83.0 Å². The molecule has 0 radical (unpaired) electrons. The molecule has 0 fully saturated rings. The van der Waals surface area contributed by atoms with Gasteiger partial charge in [-0.1, -0.05) is 12.1 Å². The van der Waals surface area contributed by atoms with Gasteiger partial charge >= 0.3 is 51.4 Å². The van der Waals surface area contributed by atoms with E-state index in [1.807, 2.05) is 0 Å². The summed E-state index contributed by atoms with van der Waals surface area (Å²) in [6.45, 7) is 0. The van der Waals surface area contributed by atoms with E-state index in [0.717, 1.165) is 0 Å². The smallest absolute Gasteiger partial charge is 0.747 e. The average molecular weight is 288 g/mol. The van der Waals surface area contributed by atoms with E-state index in [-0.39, 0.29) is 62.8 Å². The van der Waals surface area contributed by atoms with E-state index in [4.69, 9.17) is 0 Å². The summed E-state index contributed by atoms with van der Waals surface area (Å²) in [5.74, 6) is 0. The molecule has 0 amide bonds.